The Morgan fingerprint density at radius 2 is 2.19 bits per heavy atom. The molecule has 0 aromatic heterocycles. The minimum atomic E-state index is -0.768. The highest BCUT2D eigenvalue weighted by Gasteiger charge is 2.13. The number of aromatic hydroxyl groups is 1. The van der Waals surface area contributed by atoms with Gasteiger partial charge in [-0.05, 0) is 19.1 Å². The minimum Gasteiger partial charge on any atom is -0.504 e. The molecule has 0 saturated heterocycles. The molecule has 0 radical (unpaired) electrons. The Morgan fingerprint density at radius 3 is 2.81 bits per heavy atom. The van der Waals surface area contributed by atoms with Crippen molar-refractivity contribution >= 4 is 12.0 Å². The summed E-state index contributed by atoms with van der Waals surface area (Å²) >= 11 is 0. The maximum absolute atomic E-state index is 11.7. The Bertz CT molecular complexity index is 560. The Balaban J connectivity index is 2.95. The van der Waals surface area contributed by atoms with Crippen LogP contribution >= 0.6 is 0 Å². The molecule has 112 valence electrons. The van der Waals surface area contributed by atoms with Gasteiger partial charge in [-0.3, -0.25) is 0 Å². The van der Waals surface area contributed by atoms with Crippen LogP contribution in [0.1, 0.15) is 12.5 Å². The van der Waals surface area contributed by atoms with Gasteiger partial charge in [0, 0.05) is 12.7 Å². The molecule has 1 N–H and O–H groups in total. The number of ether oxygens (including phenoxy) is 3. The van der Waals surface area contributed by atoms with Crippen LogP contribution in [0.15, 0.2) is 23.8 Å². The summed E-state index contributed by atoms with van der Waals surface area (Å²) in [6.07, 6.45) is 1.26. The van der Waals surface area contributed by atoms with Crippen LogP contribution in [0.2, 0.25) is 0 Å². The topological polar surface area (TPSA) is 88.8 Å². The van der Waals surface area contributed by atoms with Crippen molar-refractivity contribution in [2.75, 3.05) is 26.9 Å². The number of esters is 1. The number of hydrogen-bond donors (Lipinski definition) is 1. The van der Waals surface area contributed by atoms with Crippen LogP contribution in [0, 0.1) is 11.3 Å². The third-order valence-corrected chi connectivity index (χ3v) is 2.49. The third-order valence-electron chi connectivity index (χ3n) is 2.49. The van der Waals surface area contributed by atoms with Gasteiger partial charge in [-0.15, -0.1) is 0 Å². The fraction of sp³-hybridized carbons (Fsp3) is 0.333. The zero-order valence-electron chi connectivity index (χ0n) is 12.0. The molecule has 6 heteroatoms. The van der Waals surface area contributed by atoms with Crippen LogP contribution in [-0.2, 0) is 14.3 Å². The number of carbonyl (C=O) groups excluding carboxylic acids is 1. The molecule has 1 aromatic carbocycles. The number of phenols is 1. The monoisotopic (exact) mass is 291 g/mol. The lowest BCUT2D eigenvalue weighted by molar-refractivity contribution is -0.139. The van der Waals surface area contributed by atoms with Crippen molar-refractivity contribution in [3.8, 4) is 17.6 Å². The molecule has 6 nitrogen and oxygen atoms in total. The summed E-state index contributed by atoms with van der Waals surface area (Å²) in [5.74, 6) is -0.608. The number of carbonyl (C=O) groups is 1. The van der Waals surface area contributed by atoms with E-state index < -0.39 is 5.97 Å². The highest BCUT2D eigenvalue weighted by atomic mass is 16.6. The molecule has 1 rings (SSSR count). The molecule has 0 fully saturated rings. The molecule has 0 heterocycles. The molecular formula is C15H17NO5. The first-order valence-corrected chi connectivity index (χ1v) is 6.36. The van der Waals surface area contributed by atoms with E-state index in [1.54, 1.807) is 31.2 Å². The first-order valence-electron chi connectivity index (χ1n) is 6.36. The van der Waals surface area contributed by atoms with Crippen molar-refractivity contribution in [3.05, 3.63) is 29.3 Å². The van der Waals surface area contributed by atoms with Crippen LogP contribution in [-0.4, -0.2) is 38.0 Å². The lowest BCUT2D eigenvalue weighted by Gasteiger charge is -2.08. The van der Waals surface area contributed by atoms with Gasteiger partial charge in [-0.25, -0.2) is 4.79 Å². The molecule has 21 heavy (non-hydrogen) atoms. The predicted molar refractivity (Wildman–Crippen MR) is 75.7 cm³/mol. The molecule has 0 aliphatic heterocycles. The van der Waals surface area contributed by atoms with Gasteiger partial charge < -0.3 is 19.3 Å². The van der Waals surface area contributed by atoms with Crippen LogP contribution in [0.4, 0.5) is 0 Å². The summed E-state index contributed by atoms with van der Waals surface area (Å²) < 4.78 is 14.8. The van der Waals surface area contributed by atoms with Crippen molar-refractivity contribution in [2.24, 2.45) is 0 Å². The van der Waals surface area contributed by atoms with Crippen LogP contribution in [0.3, 0.4) is 0 Å². The van der Waals surface area contributed by atoms with E-state index in [0.717, 1.165) is 0 Å². The Hall–Kier alpha value is -2.52. The molecular weight excluding hydrogens is 274 g/mol. The van der Waals surface area contributed by atoms with Crippen molar-refractivity contribution in [2.45, 2.75) is 6.92 Å². The summed E-state index contributed by atoms with van der Waals surface area (Å²) in [7, 11) is 1.48. The number of nitriles is 1. The third kappa shape index (κ3) is 4.82. The van der Waals surface area contributed by atoms with E-state index >= 15 is 0 Å². The lowest BCUT2D eigenvalue weighted by atomic mass is 10.1. The SMILES string of the molecule is CCOc1cccc(/C=C(/C#N)C(=O)OCCOC)c1O. The average Bonchev–Trinajstić information content (AvgIpc) is 2.48. The first-order chi connectivity index (χ1) is 10.1. The van der Waals surface area contributed by atoms with Crippen LogP contribution in [0.5, 0.6) is 11.5 Å². The summed E-state index contributed by atoms with van der Waals surface area (Å²) in [6.45, 7) is 2.48. The molecule has 0 aliphatic carbocycles. The molecule has 0 saturated carbocycles. The van der Waals surface area contributed by atoms with Crippen molar-refractivity contribution < 1.29 is 24.1 Å². The molecule has 0 amide bonds. The number of phenolic OH excluding ortho intramolecular Hbond substituents is 1. The maximum atomic E-state index is 11.7. The number of methoxy groups -OCH3 is 1. The highest BCUT2D eigenvalue weighted by Crippen LogP contribution is 2.31. The Morgan fingerprint density at radius 1 is 1.43 bits per heavy atom. The number of benzene rings is 1. The lowest BCUT2D eigenvalue weighted by Crippen LogP contribution is -2.11. The number of rotatable bonds is 7. The normalized spacial score (nSPS) is 10.8. The van der Waals surface area contributed by atoms with E-state index in [1.165, 1.54) is 13.2 Å². The van der Waals surface area contributed by atoms with Crippen LogP contribution < -0.4 is 4.74 Å². The van der Waals surface area contributed by atoms with Crippen molar-refractivity contribution in [1.29, 1.82) is 5.26 Å². The van der Waals surface area contributed by atoms with Gasteiger partial charge in [0.15, 0.2) is 11.5 Å². The standard InChI is InChI=1S/C15H17NO5/c1-3-20-13-6-4-5-11(14(13)17)9-12(10-16)15(18)21-8-7-19-2/h4-6,9,17H,3,7-8H2,1-2H3/b12-9-. The predicted octanol–water partition coefficient (Wildman–Crippen LogP) is 1.89. The fourth-order valence-electron chi connectivity index (χ4n) is 1.52. The zero-order chi connectivity index (χ0) is 15.7. The Labute approximate surface area is 123 Å². The molecule has 0 spiro atoms. The molecule has 1 aromatic rings. The molecule has 0 atom stereocenters. The second kappa shape index (κ2) is 8.61. The molecule has 0 aliphatic rings. The minimum absolute atomic E-state index is 0.0549. The number of nitrogens with zero attached hydrogens (tertiary/aromatic N) is 1. The van der Waals surface area contributed by atoms with Gasteiger partial charge in [-0.1, -0.05) is 12.1 Å². The van der Waals surface area contributed by atoms with E-state index in [0.29, 0.717) is 12.2 Å². The summed E-state index contributed by atoms with van der Waals surface area (Å²) in [4.78, 5) is 11.7. The van der Waals surface area contributed by atoms with E-state index in [4.69, 9.17) is 19.5 Å². The quantitative estimate of drug-likeness (QED) is 0.357. The van der Waals surface area contributed by atoms with Gasteiger partial charge in [0.05, 0.1) is 13.2 Å². The van der Waals surface area contributed by atoms with Gasteiger partial charge in [0.25, 0.3) is 0 Å². The second-order valence-corrected chi connectivity index (χ2v) is 3.93. The molecule has 0 bridgehead atoms. The van der Waals surface area contributed by atoms with Gasteiger partial charge in [0.2, 0.25) is 0 Å². The largest absolute Gasteiger partial charge is 0.504 e. The summed E-state index contributed by atoms with van der Waals surface area (Å²) in [5, 5.41) is 19.0. The summed E-state index contributed by atoms with van der Waals surface area (Å²) in [5.41, 5.74) is 0.0937. The second-order valence-electron chi connectivity index (χ2n) is 3.93. The zero-order valence-corrected chi connectivity index (χ0v) is 12.0. The van der Waals surface area contributed by atoms with Gasteiger partial charge >= 0.3 is 5.97 Å². The van der Waals surface area contributed by atoms with E-state index in [-0.39, 0.29) is 30.3 Å². The van der Waals surface area contributed by atoms with E-state index in [1.807, 2.05) is 0 Å². The van der Waals surface area contributed by atoms with Crippen molar-refractivity contribution in [3.63, 3.8) is 0 Å². The van der Waals surface area contributed by atoms with E-state index in [9.17, 15) is 9.90 Å². The highest BCUT2D eigenvalue weighted by molar-refractivity contribution is 5.98. The Kier molecular flexibility index (Phi) is 6.78. The molecule has 0 unspecified atom stereocenters. The number of hydrogen-bond acceptors (Lipinski definition) is 6. The first kappa shape index (κ1) is 16.5. The summed E-state index contributed by atoms with van der Waals surface area (Å²) in [6, 6.07) is 6.57. The smallest absolute Gasteiger partial charge is 0.348 e. The van der Waals surface area contributed by atoms with Gasteiger partial charge in [0.1, 0.15) is 18.2 Å². The van der Waals surface area contributed by atoms with Gasteiger partial charge in [-0.2, -0.15) is 5.26 Å². The number of para-hydroxylation sites is 1. The average molecular weight is 291 g/mol. The fourth-order valence-corrected chi connectivity index (χ4v) is 1.52. The van der Waals surface area contributed by atoms with Crippen molar-refractivity contribution in [1.82, 2.24) is 0 Å². The van der Waals surface area contributed by atoms with E-state index in [2.05, 4.69) is 0 Å². The van der Waals surface area contributed by atoms with Crippen LogP contribution in [0.25, 0.3) is 6.08 Å². The maximum Gasteiger partial charge on any atom is 0.348 e.